The summed E-state index contributed by atoms with van der Waals surface area (Å²) in [7, 11) is 0. The van der Waals surface area contributed by atoms with E-state index in [1.54, 1.807) is 6.07 Å². The van der Waals surface area contributed by atoms with Crippen LogP contribution in [-0.4, -0.2) is 51.5 Å². The van der Waals surface area contributed by atoms with Gasteiger partial charge in [0.25, 0.3) is 5.91 Å². The smallest absolute Gasteiger partial charge is 0.267 e. The van der Waals surface area contributed by atoms with E-state index in [2.05, 4.69) is 14.5 Å². The number of hydrogen-bond donors (Lipinski definition) is 0. The highest BCUT2D eigenvalue weighted by Crippen LogP contribution is 2.40. The molecule has 4 rings (SSSR count). The van der Waals surface area contributed by atoms with Crippen LogP contribution < -0.4 is 0 Å². The molecule has 0 unspecified atom stereocenters. The lowest BCUT2D eigenvalue weighted by Gasteiger charge is -2.40. The van der Waals surface area contributed by atoms with E-state index in [-0.39, 0.29) is 17.1 Å². The van der Waals surface area contributed by atoms with Crippen LogP contribution >= 0.6 is 11.5 Å². The molecule has 1 aromatic heterocycles. The molecular formula is C19H23FN4OS. The molecule has 1 atom stereocenters. The lowest BCUT2D eigenvalue weighted by molar-refractivity contribution is 0.0676. The summed E-state index contributed by atoms with van der Waals surface area (Å²) < 4.78 is 17.9. The first-order valence-corrected chi connectivity index (χ1v) is 9.88. The maximum absolute atomic E-state index is 14.0. The summed E-state index contributed by atoms with van der Waals surface area (Å²) in [4.78, 5) is 17.7. The minimum Gasteiger partial charge on any atom is -0.337 e. The van der Waals surface area contributed by atoms with Gasteiger partial charge in [0, 0.05) is 37.2 Å². The van der Waals surface area contributed by atoms with Crippen LogP contribution in [0.4, 0.5) is 4.39 Å². The number of benzene rings is 1. The van der Waals surface area contributed by atoms with Gasteiger partial charge in [-0.3, -0.25) is 9.69 Å². The van der Waals surface area contributed by atoms with Crippen LogP contribution in [0.15, 0.2) is 24.3 Å². The highest BCUT2D eigenvalue weighted by atomic mass is 32.1. The van der Waals surface area contributed by atoms with Gasteiger partial charge in [0.1, 0.15) is 10.7 Å². The first-order chi connectivity index (χ1) is 12.6. The number of aryl methyl sites for hydroxylation is 1. The van der Waals surface area contributed by atoms with Gasteiger partial charge in [0.15, 0.2) is 0 Å². The fourth-order valence-electron chi connectivity index (χ4n) is 4.33. The van der Waals surface area contributed by atoms with E-state index in [0.29, 0.717) is 17.1 Å². The number of halogens is 1. The second-order valence-corrected chi connectivity index (χ2v) is 8.32. The van der Waals surface area contributed by atoms with Crippen molar-refractivity contribution in [3.8, 4) is 0 Å². The van der Waals surface area contributed by atoms with Gasteiger partial charge in [-0.05, 0) is 50.3 Å². The van der Waals surface area contributed by atoms with Crippen molar-refractivity contribution in [1.82, 2.24) is 19.4 Å². The third-order valence-electron chi connectivity index (χ3n) is 5.66. The van der Waals surface area contributed by atoms with Crippen molar-refractivity contribution < 1.29 is 9.18 Å². The van der Waals surface area contributed by atoms with Crippen LogP contribution in [0, 0.1) is 18.2 Å². The number of carbonyl (C=O) groups is 1. The van der Waals surface area contributed by atoms with Gasteiger partial charge in [-0.1, -0.05) is 22.7 Å². The zero-order valence-corrected chi connectivity index (χ0v) is 15.8. The van der Waals surface area contributed by atoms with Crippen molar-refractivity contribution in [2.45, 2.75) is 32.7 Å². The van der Waals surface area contributed by atoms with Gasteiger partial charge in [0.2, 0.25) is 0 Å². The lowest BCUT2D eigenvalue weighted by Crippen LogP contribution is -2.45. The summed E-state index contributed by atoms with van der Waals surface area (Å²) in [5.74, 6) is -0.0795. The standard InChI is InChI=1S/C19H23FN4OS/c1-14-17(26-22-21-14)18(25)24-10-8-19(13-24)7-4-9-23(12-19)11-15-5-2-3-6-16(15)20/h2-3,5-6H,4,7-13H2,1H3/t19-/m0/s1. The highest BCUT2D eigenvalue weighted by Gasteiger charge is 2.43. The summed E-state index contributed by atoms with van der Waals surface area (Å²) in [5.41, 5.74) is 1.60. The van der Waals surface area contributed by atoms with Crippen LogP contribution in [0.25, 0.3) is 0 Å². The summed E-state index contributed by atoms with van der Waals surface area (Å²) >= 11 is 1.18. The Morgan fingerprint density at radius 1 is 1.27 bits per heavy atom. The monoisotopic (exact) mass is 374 g/mol. The molecule has 7 heteroatoms. The molecule has 2 saturated heterocycles. The minimum absolute atomic E-state index is 0.0561. The Labute approximate surface area is 157 Å². The largest absolute Gasteiger partial charge is 0.337 e. The zero-order chi connectivity index (χ0) is 18.1. The molecule has 2 fully saturated rings. The normalized spacial score (nSPS) is 23.7. The van der Waals surface area contributed by atoms with Crippen molar-refractivity contribution >= 4 is 17.4 Å². The molecule has 1 spiro atoms. The van der Waals surface area contributed by atoms with Crippen LogP contribution in [0.1, 0.15) is 40.2 Å². The number of likely N-dealkylation sites (tertiary alicyclic amines) is 2. The van der Waals surface area contributed by atoms with E-state index in [9.17, 15) is 9.18 Å². The number of hydrogen-bond acceptors (Lipinski definition) is 5. The predicted molar refractivity (Wildman–Crippen MR) is 98.5 cm³/mol. The maximum atomic E-state index is 14.0. The highest BCUT2D eigenvalue weighted by molar-refractivity contribution is 7.07. The first kappa shape index (κ1) is 17.5. The van der Waals surface area contributed by atoms with E-state index < -0.39 is 0 Å². The Kier molecular flexibility index (Phi) is 4.75. The number of piperidine rings is 1. The second kappa shape index (κ2) is 7.04. The molecule has 138 valence electrons. The van der Waals surface area contributed by atoms with E-state index in [4.69, 9.17) is 0 Å². The molecule has 1 aromatic carbocycles. The Morgan fingerprint density at radius 2 is 2.12 bits per heavy atom. The third-order valence-corrected chi connectivity index (χ3v) is 6.48. The van der Waals surface area contributed by atoms with E-state index >= 15 is 0 Å². The van der Waals surface area contributed by atoms with E-state index in [1.165, 1.54) is 17.6 Å². The third kappa shape index (κ3) is 3.38. The fraction of sp³-hybridized carbons (Fsp3) is 0.526. The van der Waals surface area contributed by atoms with E-state index in [0.717, 1.165) is 51.0 Å². The summed E-state index contributed by atoms with van der Waals surface area (Å²) in [6.45, 7) is 5.94. The Balaban J connectivity index is 1.43. The Morgan fingerprint density at radius 3 is 2.88 bits per heavy atom. The van der Waals surface area contributed by atoms with Crippen molar-refractivity contribution in [2.24, 2.45) is 5.41 Å². The molecule has 2 aromatic rings. The summed E-state index contributed by atoms with van der Waals surface area (Å²) in [6, 6.07) is 7.00. The van der Waals surface area contributed by atoms with Crippen LogP contribution in [-0.2, 0) is 6.54 Å². The number of rotatable bonds is 3. The average molecular weight is 374 g/mol. The number of aromatic nitrogens is 2. The molecule has 0 bridgehead atoms. The van der Waals surface area contributed by atoms with Crippen LogP contribution in [0.3, 0.4) is 0 Å². The zero-order valence-electron chi connectivity index (χ0n) is 14.9. The lowest BCUT2D eigenvalue weighted by atomic mass is 9.79. The number of carbonyl (C=O) groups excluding carboxylic acids is 1. The van der Waals surface area contributed by atoms with Crippen molar-refractivity contribution in [3.63, 3.8) is 0 Å². The van der Waals surface area contributed by atoms with Crippen LogP contribution in [0.2, 0.25) is 0 Å². The molecule has 3 heterocycles. The topological polar surface area (TPSA) is 49.3 Å². The molecule has 0 aliphatic carbocycles. The maximum Gasteiger partial charge on any atom is 0.267 e. The molecule has 1 amide bonds. The fourth-order valence-corrected chi connectivity index (χ4v) is 4.95. The van der Waals surface area contributed by atoms with Crippen molar-refractivity contribution in [3.05, 3.63) is 46.2 Å². The molecule has 2 aliphatic rings. The minimum atomic E-state index is -0.136. The van der Waals surface area contributed by atoms with Gasteiger partial charge in [0.05, 0.1) is 5.69 Å². The van der Waals surface area contributed by atoms with Gasteiger partial charge < -0.3 is 4.90 Å². The molecule has 2 aliphatic heterocycles. The molecule has 5 nitrogen and oxygen atoms in total. The molecule has 0 radical (unpaired) electrons. The van der Waals surface area contributed by atoms with Gasteiger partial charge in [-0.25, -0.2) is 4.39 Å². The number of amides is 1. The molecular weight excluding hydrogens is 351 g/mol. The quantitative estimate of drug-likeness (QED) is 0.828. The summed E-state index contributed by atoms with van der Waals surface area (Å²) in [5, 5.41) is 3.96. The molecule has 0 N–H and O–H groups in total. The van der Waals surface area contributed by atoms with Gasteiger partial charge >= 0.3 is 0 Å². The Hall–Kier alpha value is -1.86. The van der Waals surface area contributed by atoms with E-state index in [1.807, 2.05) is 24.0 Å². The molecule has 26 heavy (non-hydrogen) atoms. The summed E-state index contributed by atoms with van der Waals surface area (Å²) in [6.07, 6.45) is 3.24. The van der Waals surface area contributed by atoms with Crippen LogP contribution in [0.5, 0.6) is 0 Å². The van der Waals surface area contributed by atoms with Gasteiger partial charge in [-0.15, -0.1) is 5.10 Å². The van der Waals surface area contributed by atoms with Crippen molar-refractivity contribution in [2.75, 3.05) is 26.2 Å². The second-order valence-electron chi connectivity index (χ2n) is 7.57. The first-order valence-electron chi connectivity index (χ1n) is 9.10. The van der Waals surface area contributed by atoms with Gasteiger partial charge in [-0.2, -0.15) is 0 Å². The molecule has 0 saturated carbocycles. The van der Waals surface area contributed by atoms with Crippen molar-refractivity contribution in [1.29, 1.82) is 0 Å². The predicted octanol–water partition coefficient (Wildman–Crippen LogP) is 3.11. The number of nitrogens with zero attached hydrogens (tertiary/aromatic N) is 4. The SMILES string of the molecule is Cc1nnsc1C(=O)N1CC[C@]2(CCCN(Cc3ccccc3F)C2)C1. The Bertz CT molecular complexity index is 810. The average Bonchev–Trinajstić information content (AvgIpc) is 3.23.